The van der Waals surface area contributed by atoms with Crippen molar-refractivity contribution in [1.29, 1.82) is 0 Å². The van der Waals surface area contributed by atoms with Crippen molar-refractivity contribution in [1.82, 2.24) is 29.2 Å². The van der Waals surface area contributed by atoms with Gasteiger partial charge in [0, 0.05) is 6.07 Å². The third-order valence-electron chi connectivity index (χ3n) is 2.12. The van der Waals surface area contributed by atoms with Gasteiger partial charge in [0.15, 0.2) is 11.5 Å². The summed E-state index contributed by atoms with van der Waals surface area (Å²) < 4.78 is 5.62. The molecule has 0 fully saturated rings. The first-order valence-electron chi connectivity index (χ1n) is 4.41. The second-order valence-electron chi connectivity index (χ2n) is 3.15. The molecule has 3 rings (SSSR count). The standard InChI is InChI=1S/C8H5ClN6S/c1-4-7(16-14-11-4)8-13-12-6-2-5(9)10-3-15(6)8/h2-3H,1H3. The Labute approximate surface area is 99.1 Å². The Balaban J connectivity index is 2.30. The SMILES string of the molecule is Cc1nnsc1-c1nnc2cc(Cl)ncn12. The summed E-state index contributed by atoms with van der Waals surface area (Å²) in [6.07, 6.45) is 1.59. The lowest BCUT2D eigenvalue weighted by molar-refractivity contribution is 1.06. The van der Waals surface area contributed by atoms with Crippen molar-refractivity contribution in [2.45, 2.75) is 6.92 Å². The third-order valence-corrected chi connectivity index (χ3v) is 3.15. The minimum atomic E-state index is 0.394. The largest absolute Gasteiger partial charge is 0.264 e. The third kappa shape index (κ3) is 1.36. The van der Waals surface area contributed by atoms with E-state index < -0.39 is 0 Å². The van der Waals surface area contributed by atoms with Gasteiger partial charge in [-0.2, -0.15) is 0 Å². The van der Waals surface area contributed by atoms with Gasteiger partial charge in [0.25, 0.3) is 0 Å². The van der Waals surface area contributed by atoms with Crippen molar-refractivity contribution in [3.05, 3.63) is 23.2 Å². The molecule has 3 heterocycles. The van der Waals surface area contributed by atoms with E-state index in [1.807, 2.05) is 6.92 Å². The van der Waals surface area contributed by atoms with Gasteiger partial charge in [-0.05, 0) is 18.5 Å². The van der Waals surface area contributed by atoms with Crippen LogP contribution in [0.4, 0.5) is 0 Å². The number of aryl methyl sites for hydroxylation is 1. The molecule has 0 spiro atoms. The summed E-state index contributed by atoms with van der Waals surface area (Å²) in [5.74, 6) is 0.687. The maximum atomic E-state index is 5.77. The molecule has 0 aromatic carbocycles. The molecule has 8 heteroatoms. The molecule has 80 valence electrons. The number of hydrogen-bond acceptors (Lipinski definition) is 6. The molecule has 0 bridgehead atoms. The molecule has 0 atom stereocenters. The number of nitrogens with zero attached hydrogens (tertiary/aromatic N) is 6. The molecule has 3 aromatic rings. The molecule has 0 radical (unpaired) electrons. The van der Waals surface area contributed by atoms with Crippen LogP contribution in [0.2, 0.25) is 5.15 Å². The van der Waals surface area contributed by atoms with Crippen LogP contribution in [0.15, 0.2) is 12.4 Å². The maximum absolute atomic E-state index is 5.77. The molecule has 0 amide bonds. The van der Waals surface area contributed by atoms with Crippen LogP contribution in [-0.4, -0.2) is 29.2 Å². The quantitative estimate of drug-likeness (QED) is 0.616. The van der Waals surface area contributed by atoms with Crippen molar-refractivity contribution >= 4 is 28.8 Å². The highest BCUT2D eigenvalue weighted by Crippen LogP contribution is 2.24. The lowest BCUT2D eigenvalue weighted by atomic mass is 10.4. The van der Waals surface area contributed by atoms with Crippen LogP contribution in [0.25, 0.3) is 16.3 Å². The fourth-order valence-corrected chi connectivity index (χ4v) is 2.14. The molecular formula is C8H5ClN6S. The molecule has 0 saturated heterocycles. The fraction of sp³-hybridized carbons (Fsp3) is 0.125. The van der Waals surface area contributed by atoms with Crippen molar-refractivity contribution in [2.24, 2.45) is 0 Å². The van der Waals surface area contributed by atoms with Crippen LogP contribution in [0, 0.1) is 6.92 Å². The molecular weight excluding hydrogens is 248 g/mol. The van der Waals surface area contributed by atoms with Crippen molar-refractivity contribution in [3.8, 4) is 10.7 Å². The zero-order chi connectivity index (χ0) is 11.1. The summed E-state index contributed by atoms with van der Waals surface area (Å²) in [6, 6.07) is 1.65. The van der Waals surface area contributed by atoms with Crippen molar-refractivity contribution < 1.29 is 0 Å². The van der Waals surface area contributed by atoms with Gasteiger partial charge in [-0.25, -0.2) is 4.98 Å². The molecule has 0 unspecified atom stereocenters. The second-order valence-corrected chi connectivity index (χ2v) is 4.29. The van der Waals surface area contributed by atoms with Crippen LogP contribution in [-0.2, 0) is 0 Å². The summed E-state index contributed by atoms with van der Waals surface area (Å²) in [5.41, 5.74) is 1.48. The highest BCUT2D eigenvalue weighted by molar-refractivity contribution is 7.09. The Morgan fingerprint density at radius 1 is 1.31 bits per heavy atom. The van der Waals surface area contributed by atoms with Gasteiger partial charge < -0.3 is 0 Å². The lowest BCUT2D eigenvalue weighted by Crippen LogP contribution is -1.90. The molecule has 16 heavy (non-hydrogen) atoms. The van der Waals surface area contributed by atoms with E-state index in [0.29, 0.717) is 16.6 Å². The number of rotatable bonds is 1. The Kier molecular flexibility index (Phi) is 2.08. The van der Waals surface area contributed by atoms with Gasteiger partial charge in [0.2, 0.25) is 0 Å². The van der Waals surface area contributed by atoms with E-state index in [0.717, 1.165) is 10.6 Å². The Hall–Kier alpha value is -1.60. The van der Waals surface area contributed by atoms with Crippen LogP contribution in [0.1, 0.15) is 5.69 Å². The van der Waals surface area contributed by atoms with Gasteiger partial charge in [0.05, 0.1) is 5.69 Å². The monoisotopic (exact) mass is 252 g/mol. The van der Waals surface area contributed by atoms with Crippen molar-refractivity contribution in [2.75, 3.05) is 0 Å². The average molecular weight is 253 g/mol. The van der Waals surface area contributed by atoms with Crippen LogP contribution in [0.3, 0.4) is 0 Å². The topological polar surface area (TPSA) is 68.9 Å². The Bertz CT molecular complexity index is 659. The zero-order valence-corrected chi connectivity index (χ0v) is 9.70. The van der Waals surface area contributed by atoms with E-state index in [4.69, 9.17) is 11.6 Å². The highest BCUT2D eigenvalue weighted by atomic mass is 35.5. The van der Waals surface area contributed by atoms with Gasteiger partial charge in [-0.15, -0.1) is 15.3 Å². The first-order chi connectivity index (χ1) is 7.75. The van der Waals surface area contributed by atoms with E-state index in [1.165, 1.54) is 11.5 Å². The first kappa shape index (κ1) is 9.61. The number of aromatic nitrogens is 6. The molecule has 0 aliphatic carbocycles. The van der Waals surface area contributed by atoms with Crippen LogP contribution < -0.4 is 0 Å². The van der Waals surface area contributed by atoms with Crippen LogP contribution in [0.5, 0.6) is 0 Å². The predicted octanol–water partition coefficient (Wildman–Crippen LogP) is 1.60. The van der Waals surface area contributed by atoms with E-state index in [9.17, 15) is 0 Å². The second kappa shape index (κ2) is 3.46. The number of fused-ring (bicyclic) bond motifs is 1. The maximum Gasteiger partial charge on any atom is 0.183 e. The first-order valence-corrected chi connectivity index (χ1v) is 5.56. The highest BCUT2D eigenvalue weighted by Gasteiger charge is 2.13. The van der Waals surface area contributed by atoms with Crippen LogP contribution >= 0.6 is 23.1 Å². The summed E-state index contributed by atoms with van der Waals surface area (Å²) in [4.78, 5) is 4.88. The minimum absolute atomic E-state index is 0.394. The summed E-state index contributed by atoms with van der Waals surface area (Å²) in [6.45, 7) is 1.88. The normalized spacial score (nSPS) is 11.1. The zero-order valence-electron chi connectivity index (χ0n) is 8.12. The summed E-state index contributed by atoms with van der Waals surface area (Å²) >= 11 is 7.05. The Morgan fingerprint density at radius 2 is 2.19 bits per heavy atom. The summed E-state index contributed by atoms with van der Waals surface area (Å²) in [7, 11) is 0. The molecule has 0 saturated carbocycles. The molecule has 0 N–H and O–H groups in total. The van der Waals surface area contributed by atoms with E-state index in [2.05, 4.69) is 24.8 Å². The summed E-state index contributed by atoms with van der Waals surface area (Å²) in [5, 5.41) is 12.4. The molecule has 0 aliphatic heterocycles. The van der Waals surface area contributed by atoms with Crippen molar-refractivity contribution in [3.63, 3.8) is 0 Å². The predicted molar refractivity (Wildman–Crippen MR) is 59.4 cm³/mol. The average Bonchev–Trinajstić information content (AvgIpc) is 2.83. The fourth-order valence-electron chi connectivity index (χ4n) is 1.36. The van der Waals surface area contributed by atoms with E-state index in [-0.39, 0.29) is 0 Å². The number of halogens is 1. The van der Waals surface area contributed by atoms with Gasteiger partial charge >= 0.3 is 0 Å². The smallest absolute Gasteiger partial charge is 0.183 e. The molecule has 6 nitrogen and oxygen atoms in total. The van der Waals surface area contributed by atoms with Gasteiger partial charge in [-0.1, -0.05) is 16.1 Å². The molecule has 3 aromatic heterocycles. The van der Waals surface area contributed by atoms with Gasteiger partial charge in [-0.3, -0.25) is 4.40 Å². The molecule has 0 aliphatic rings. The lowest BCUT2D eigenvalue weighted by Gasteiger charge is -1.96. The number of hydrogen-bond donors (Lipinski definition) is 0. The van der Waals surface area contributed by atoms with Gasteiger partial charge in [0.1, 0.15) is 16.4 Å². The van der Waals surface area contributed by atoms with E-state index in [1.54, 1.807) is 16.8 Å². The minimum Gasteiger partial charge on any atom is -0.264 e. The van der Waals surface area contributed by atoms with E-state index >= 15 is 0 Å². The Morgan fingerprint density at radius 3 is 2.94 bits per heavy atom.